The number of hydrogen-bond acceptors (Lipinski definition) is 7. The van der Waals surface area contributed by atoms with Crippen molar-refractivity contribution in [2.24, 2.45) is 0 Å². The number of rotatable bonds is 11. The minimum absolute atomic E-state index is 0.0327. The molecule has 242 valence electrons. The Morgan fingerprint density at radius 3 is 2.31 bits per heavy atom. The molecule has 0 spiro atoms. The van der Waals surface area contributed by atoms with Gasteiger partial charge in [-0.15, -0.1) is 11.3 Å². The van der Waals surface area contributed by atoms with E-state index in [1.165, 1.54) is 6.07 Å². The molecule has 0 radical (unpaired) electrons. The first kappa shape index (κ1) is 32.8. The zero-order valence-corrected chi connectivity index (χ0v) is 25.2. The van der Waals surface area contributed by atoms with Gasteiger partial charge in [0.25, 0.3) is 5.92 Å². The van der Waals surface area contributed by atoms with Crippen LogP contribution in [0.4, 0.5) is 30.7 Å². The van der Waals surface area contributed by atoms with Gasteiger partial charge in [0.2, 0.25) is 0 Å². The Bertz CT molecular complexity index is 1770. The largest absolute Gasteiger partial charge is 0.534 e. The highest BCUT2D eigenvalue weighted by atomic mass is 32.2. The number of fused-ring (bicyclic) bond motifs is 1. The van der Waals surface area contributed by atoms with E-state index in [1.807, 2.05) is 0 Å². The van der Waals surface area contributed by atoms with Crippen molar-refractivity contribution in [1.29, 1.82) is 0 Å². The van der Waals surface area contributed by atoms with Gasteiger partial charge >= 0.3 is 15.6 Å². The Morgan fingerprint density at radius 2 is 1.64 bits per heavy atom. The average Bonchev–Trinajstić information content (AvgIpc) is 3.55. The maximum Gasteiger partial charge on any atom is 0.534 e. The molecule has 15 heteroatoms. The molecule has 0 bridgehead atoms. The molecule has 0 aliphatic carbocycles. The number of ether oxygens (including phenoxy) is 2. The van der Waals surface area contributed by atoms with Crippen LogP contribution in [0.15, 0.2) is 60.7 Å². The van der Waals surface area contributed by atoms with Gasteiger partial charge in [-0.05, 0) is 67.4 Å². The van der Waals surface area contributed by atoms with Crippen molar-refractivity contribution in [3.63, 3.8) is 0 Å². The molecule has 1 aliphatic heterocycles. The van der Waals surface area contributed by atoms with Crippen LogP contribution in [0.1, 0.15) is 25.3 Å². The molecule has 2 heterocycles. The molecule has 4 aromatic rings. The molecule has 0 saturated carbocycles. The second-order valence-electron chi connectivity index (χ2n) is 10.4. The van der Waals surface area contributed by atoms with E-state index < -0.39 is 38.7 Å². The van der Waals surface area contributed by atoms with Crippen LogP contribution in [0, 0.1) is 5.82 Å². The minimum atomic E-state index is -5.97. The quantitative estimate of drug-likeness (QED) is 0.0900. The predicted molar refractivity (Wildman–Crippen MR) is 155 cm³/mol. The molecule has 1 saturated heterocycles. The molecule has 5 rings (SSSR count). The van der Waals surface area contributed by atoms with Gasteiger partial charge in [-0.1, -0.05) is 6.07 Å². The monoisotopic (exact) mass is 677 g/mol. The van der Waals surface area contributed by atoms with E-state index in [0.717, 1.165) is 48.6 Å². The van der Waals surface area contributed by atoms with E-state index in [0.29, 0.717) is 38.2 Å². The Kier molecular flexibility index (Phi) is 9.25. The highest BCUT2D eigenvalue weighted by Crippen LogP contribution is 2.50. The van der Waals surface area contributed by atoms with Crippen LogP contribution in [0.5, 0.6) is 23.0 Å². The summed E-state index contributed by atoms with van der Waals surface area (Å²) in [5.41, 5.74) is -6.42. The van der Waals surface area contributed by atoms with E-state index in [1.54, 1.807) is 24.3 Å². The number of hydrogen-bond donors (Lipinski definition) is 0. The van der Waals surface area contributed by atoms with Gasteiger partial charge in [0.05, 0.1) is 11.6 Å². The van der Waals surface area contributed by atoms with Gasteiger partial charge in [0, 0.05) is 47.8 Å². The molecule has 0 amide bonds. The SMILES string of the molecule is CC(F)(F)c1cc(F)ccc1-c1sc2cc(OS(=O)(=O)C(F)(F)F)ccc2c1Oc1ccc(OC2CCN(CCCF)C2)cc1. The van der Waals surface area contributed by atoms with Crippen molar-refractivity contribution < 1.29 is 52.8 Å². The molecule has 45 heavy (non-hydrogen) atoms. The van der Waals surface area contributed by atoms with Crippen LogP contribution in [0.25, 0.3) is 20.5 Å². The summed E-state index contributed by atoms with van der Waals surface area (Å²) >= 11 is 0.821. The van der Waals surface area contributed by atoms with E-state index in [-0.39, 0.29) is 44.8 Å². The molecule has 1 aliphatic rings. The topological polar surface area (TPSA) is 65.1 Å². The molecule has 0 N–H and O–H groups in total. The van der Waals surface area contributed by atoms with Gasteiger partial charge in [-0.3, -0.25) is 9.29 Å². The zero-order valence-electron chi connectivity index (χ0n) is 23.5. The number of nitrogens with zero attached hydrogens (tertiary/aromatic N) is 1. The summed E-state index contributed by atoms with van der Waals surface area (Å²) < 4.78 is 134. The third-order valence-electron chi connectivity index (χ3n) is 6.99. The van der Waals surface area contributed by atoms with E-state index in [9.17, 15) is 39.2 Å². The first-order chi connectivity index (χ1) is 21.1. The third-order valence-corrected chi connectivity index (χ3v) is 9.13. The molecule has 3 aromatic carbocycles. The molecule has 1 fully saturated rings. The van der Waals surface area contributed by atoms with Crippen molar-refractivity contribution in [3.8, 4) is 33.4 Å². The van der Waals surface area contributed by atoms with Crippen molar-refractivity contribution in [2.75, 3.05) is 26.3 Å². The standard InChI is InChI=1S/C30H26F7NO5S2/c1-29(33,34)25-15-18(32)3-9-23(25)28-27(24-10-8-21(16-26(24)44-28)43-45(39,40)30(35,36)37)42-20-6-4-19(5-7-20)41-22-11-14-38(17-22)13-2-12-31/h3-10,15-16,22H,2,11-14,17H2,1H3. The van der Waals surface area contributed by atoms with Crippen molar-refractivity contribution in [1.82, 2.24) is 4.90 Å². The van der Waals surface area contributed by atoms with Crippen LogP contribution in [0.2, 0.25) is 0 Å². The number of halogens is 7. The van der Waals surface area contributed by atoms with Gasteiger partial charge in [-0.2, -0.15) is 21.6 Å². The van der Waals surface area contributed by atoms with Crippen molar-refractivity contribution in [2.45, 2.75) is 37.3 Å². The van der Waals surface area contributed by atoms with E-state index in [2.05, 4.69) is 9.08 Å². The third kappa shape index (κ3) is 7.47. The van der Waals surface area contributed by atoms with Crippen LogP contribution < -0.4 is 13.7 Å². The molecular formula is C30H26F7NO5S2. The zero-order chi connectivity index (χ0) is 32.6. The fourth-order valence-corrected chi connectivity index (χ4v) is 6.56. The fraction of sp³-hybridized carbons (Fsp3) is 0.333. The molecule has 1 unspecified atom stereocenters. The average molecular weight is 678 g/mol. The molecule has 1 aromatic heterocycles. The summed E-state index contributed by atoms with van der Waals surface area (Å²) in [7, 11) is -5.97. The first-order valence-corrected chi connectivity index (χ1v) is 15.9. The van der Waals surface area contributed by atoms with Gasteiger partial charge < -0.3 is 13.7 Å². The summed E-state index contributed by atoms with van der Waals surface area (Å²) in [5, 5.41) is 0.251. The fourth-order valence-electron chi connectivity index (χ4n) is 4.91. The molecular weight excluding hydrogens is 651 g/mol. The Balaban J connectivity index is 1.49. The second kappa shape index (κ2) is 12.7. The smallest absolute Gasteiger partial charge is 0.489 e. The normalized spacial score (nSPS) is 16.3. The summed E-state index contributed by atoms with van der Waals surface area (Å²) in [4.78, 5) is 2.21. The Morgan fingerprint density at radius 1 is 0.956 bits per heavy atom. The van der Waals surface area contributed by atoms with Gasteiger partial charge in [0.1, 0.15) is 29.2 Å². The van der Waals surface area contributed by atoms with Gasteiger partial charge in [0.15, 0.2) is 5.75 Å². The van der Waals surface area contributed by atoms with E-state index in [4.69, 9.17) is 9.47 Å². The van der Waals surface area contributed by atoms with Crippen molar-refractivity contribution >= 4 is 31.5 Å². The number of benzene rings is 3. The van der Waals surface area contributed by atoms with E-state index >= 15 is 0 Å². The van der Waals surface area contributed by atoms with Crippen LogP contribution in [-0.2, 0) is 16.0 Å². The summed E-state index contributed by atoms with van der Waals surface area (Å²) in [6.07, 6.45) is 1.13. The maximum absolute atomic E-state index is 14.6. The summed E-state index contributed by atoms with van der Waals surface area (Å²) in [6.45, 7) is 2.29. The lowest BCUT2D eigenvalue weighted by atomic mass is 10.00. The Hall–Kier alpha value is -3.56. The molecule has 1 atom stereocenters. The summed E-state index contributed by atoms with van der Waals surface area (Å²) in [6, 6.07) is 12.5. The summed E-state index contributed by atoms with van der Waals surface area (Å²) in [5.74, 6) is -4.22. The van der Waals surface area contributed by atoms with Crippen LogP contribution in [-0.4, -0.2) is 51.2 Å². The van der Waals surface area contributed by atoms with Gasteiger partial charge in [-0.25, -0.2) is 13.2 Å². The van der Waals surface area contributed by atoms with Crippen molar-refractivity contribution in [3.05, 3.63) is 72.0 Å². The number of alkyl halides is 6. The number of likely N-dealkylation sites (tertiary alicyclic amines) is 1. The lowest BCUT2D eigenvalue weighted by Crippen LogP contribution is -2.27. The second-order valence-corrected chi connectivity index (χ2v) is 13.0. The minimum Gasteiger partial charge on any atom is -0.489 e. The maximum atomic E-state index is 14.6. The lowest BCUT2D eigenvalue weighted by molar-refractivity contribution is -0.0500. The first-order valence-electron chi connectivity index (χ1n) is 13.6. The predicted octanol–water partition coefficient (Wildman–Crippen LogP) is 8.65. The van der Waals surface area contributed by atoms with Crippen LogP contribution >= 0.6 is 11.3 Å². The molecule has 6 nitrogen and oxygen atoms in total. The highest BCUT2D eigenvalue weighted by molar-refractivity contribution is 7.88. The highest BCUT2D eigenvalue weighted by Gasteiger charge is 2.48. The number of thiophene rings is 1. The van der Waals surface area contributed by atoms with Crippen LogP contribution in [0.3, 0.4) is 0 Å². The lowest BCUT2D eigenvalue weighted by Gasteiger charge is -2.17. The Labute approximate surface area is 258 Å².